The van der Waals surface area contributed by atoms with Crippen molar-refractivity contribution in [3.63, 3.8) is 0 Å². The lowest BCUT2D eigenvalue weighted by Crippen LogP contribution is -1.97. The van der Waals surface area contributed by atoms with Gasteiger partial charge in [0.25, 0.3) is 0 Å². The van der Waals surface area contributed by atoms with Gasteiger partial charge in [0.2, 0.25) is 0 Å². The third-order valence-electron chi connectivity index (χ3n) is 3.11. The molecule has 2 aromatic rings. The highest BCUT2D eigenvalue weighted by molar-refractivity contribution is 6.30. The van der Waals surface area contributed by atoms with E-state index in [2.05, 4.69) is 42.9 Å². The van der Waals surface area contributed by atoms with E-state index in [1.165, 1.54) is 17.5 Å². The quantitative estimate of drug-likeness (QED) is 0.750. The number of aryl methyl sites for hydroxylation is 1. The first-order valence-corrected chi connectivity index (χ1v) is 6.09. The molecule has 88 valence electrons. The third-order valence-corrected chi connectivity index (χ3v) is 3.43. The van der Waals surface area contributed by atoms with Gasteiger partial charge in [0.15, 0.2) is 0 Å². The molecule has 3 heteroatoms. The summed E-state index contributed by atoms with van der Waals surface area (Å²) in [5.41, 5.74) is 5.62. The number of rotatable bonds is 2. The van der Waals surface area contributed by atoms with Crippen LogP contribution in [0.2, 0.25) is 5.15 Å². The second kappa shape index (κ2) is 4.84. The van der Waals surface area contributed by atoms with Crippen LogP contribution >= 0.6 is 11.6 Å². The molecule has 0 aliphatic carbocycles. The van der Waals surface area contributed by atoms with Gasteiger partial charge in [-0.1, -0.05) is 36.7 Å². The van der Waals surface area contributed by atoms with Crippen LogP contribution in [0.3, 0.4) is 0 Å². The van der Waals surface area contributed by atoms with Crippen LogP contribution < -0.4 is 0 Å². The van der Waals surface area contributed by atoms with Crippen LogP contribution in [-0.2, 0) is 6.42 Å². The van der Waals surface area contributed by atoms with E-state index in [4.69, 9.17) is 11.6 Å². The maximum absolute atomic E-state index is 6.12. The first-order chi connectivity index (χ1) is 8.15. The Bertz CT molecular complexity index is 550. The van der Waals surface area contributed by atoms with Gasteiger partial charge in [-0.15, -0.1) is 0 Å². The summed E-state index contributed by atoms with van der Waals surface area (Å²) < 4.78 is 0. The zero-order valence-corrected chi connectivity index (χ0v) is 11.0. The molecule has 0 saturated carbocycles. The molecule has 0 unspecified atom stereocenters. The van der Waals surface area contributed by atoms with Crippen molar-refractivity contribution in [3.05, 3.63) is 46.4 Å². The van der Waals surface area contributed by atoms with Crippen LogP contribution in [-0.4, -0.2) is 9.97 Å². The molecule has 0 aliphatic rings. The van der Waals surface area contributed by atoms with Gasteiger partial charge in [0.1, 0.15) is 11.5 Å². The van der Waals surface area contributed by atoms with Gasteiger partial charge >= 0.3 is 0 Å². The molecule has 17 heavy (non-hydrogen) atoms. The van der Waals surface area contributed by atoms with E-state index >= 15 is 0 Å². The van der Waals surface area contributed by atoms with Crippen LogP contribution in [0.15, 0.2) is 24.5 Å². The molecule has 0 aliphatic heterocycles. The highest BCUT2D eigenvalue weighted by Crippen LogP contribution is 2.29. The topological polar surface area (TPSA) is 25.8 Å². The van der Waals surface area contributed by atoms with Crippen LogP contribution in [0.4, 0.5) is 0 Å². The number of aromatic nitrogens is 2. The summed E-state index contributed by atoms with van der Waals surface area (Å²) >= 11 is 6.12. The minimum absolute atomic E-state index is 0.554. The summed E-state index contributed by atoms with van der Waals surface area (Å²) in [6.45, 7) is 6.28. The van der Waals surface area contributed by atoms with Crippen molar-refractivity contribution < 1.29 is 0 Å². The lowest BCUT2D eigenvalue weighted by atomic mass is 9.97. The van der Waals surface area contributed by atoms with Crippen molar-refractivity contribution in [3.8, 4) is 11.3 Å². The lowest BCUT2D eigenvalue weighted by molar-refractivity contribution is 1.05. The Morgan fingerprint density at radius 3 is 2.65 bits per heavy atom. The zero-order valence-electron chi connectivity index (χ0n) is 10.3. The van der Waals surface area contributed by atoms with Crippen molar-refractivity contribution in [2.24, 2.45) is 0 Å². The van der Waals surface area contributed by atoms with Crippen LogP contribution in [0.25, 0.3) is 11.3 Å². The molecule has 2 nitrogen and oxygen atoms in total. The monoisotopic (exact) mass is 246 g/mol. The van der Waals surface area contributed by atoms with E-state index in [0.29, 0.717) is 5.15 Å². The minimum atomic E-state index is 0.554. The van der Waals surface area contributed by atoms with E-state index < -0.39 is 0 Å². The summed E-state index contributed by atoms with van der Waals surface area (Å²) in [7, 11) is 0. The average molecular weight is 247 g/mol. The van der Waals surface area contributed by atoms with E-state index in [0.717, 1.165) is 23.2 Å². The zero-order chi connectivity index (χ0) is 12.4. The molecule has 1 aromatic carbocycles. The van der Waals surface area contributed by atoms with Gasteiger partial charge in [-0.05, 0) is 31.4 Å². The molecule has 0 N–H and O–H groups in total. The number of hydrogen-bond acceptors (Lipinski definition) is 2. The van der Waals surface area contributed by atoms with Crippen LogP contribution in [0, 0.1) is 13.8 Å². The van der Waals surface area contributed by atoms with Crippen molar-refractivity contribution in [2.45, 2.75) is 27.2 Å². The second-order valence-corrected chi connectivity index (χ2v) is 4.45. The van der Waals surface area contributed by atoms with Crippen LogP contribution in [0.1, 0.15) is 23.6 Å². The first kappa shape index (κ1) is 12.1. The molecular formula is C14H15ClN2. The largest absolute Gasteiger partial charge is 0.236 e. The smallest absolute Gasteiger partial charge is 0.136 e. The summed E-state index contributed by atoms with van der Waals surface area (Å²) in [4.78, 5) is 8.43. The lowest BCUT2D eigenvalue weighted by Gasteiger charge is -2.12. The summed E-state index contributed by atoms with van der Waals surface area (Å²) in [5.74, 6) is 0. The molecule has 0 bridgehead atoms. The highest BCUT2D eigenvalue weighted by atomic mass is 35.5. The molecule has 2 rings (SSSR count). The van der Waals surface area contributed by atoms with Gasteiger partial charge in [-0.2, -0.15) is 0 Å². The van der Waals surface area contributed by atoms with Crippen molar-refractivity contribution >= 4 is 11.6 Å². The highest BCUT2D eigenvalue weighted by Gasteiger charge is 2.12. The van der Waals surface area contributed by atoms with Gasteiger partial charge in [0.05, 0.1) is 5.69 Å². The minimum Gasteiger partial charge on any atom is -0.236 e. The Hall–Kier alpha value is -1.41. The SMILES string of the molecule is CCc1c(Cl)ncnc1-c1cccc(C)c1C. The maximum atomic E-state index is 6.12. The van der Waals surface area contributed by atoms with E-state index in [9.17, 15) is 0 Å². The number of halogens is 1. The molecule has 1 heterocycles. The Morgan fingerprint density at radius 2 is 1.94 bits per heavy atom. The van der Waals surface area contributed by atoms with E-state index in [1.54, 1.807) is 0 Å². The fourth-order valence-corrected chi connectivity index (χ4v) is 2.21. The molecule has 0 radical (unpaired) electrons. The molecule has 0 atom stereocenters. The second-order valence-electron chi connectivity index (χ2n) is 4.09. The molecular weight excluding hydrogens is 232 g/mol. The van der Waals surface area contributed by atoms with Crippen molar-refractivity contribution in [1.29, 1.82) is 0 Å². The fourth-order valence-electron chi connectivity index (χ4n) is 1.94. The summed E-state index contributed by atoms with van der Waals surface area (Å²) in [5, 5.41) is 0.554. The van der Waals surface area contributed by atoms with Gasteiger partial charge in [0, 0.05) is 11.1 Å². The fraction of sp³-hybridized carbons (Fsp3) is 0.286. The predicted octanol–water partition coefficient (Wildman–Crippen LogP) is 3.98. The van der Waals surface area contributed by atoms with Crippen molar-refractivity contribution in [1.82, 2.24) is 9.97 Å². The van der Waals surface area contributed by atoms with E-state index in [1.807, 2.05) is 6.07 Å². The number of hydrogen-bond donors (Lipinski definition) is 0. The van der Waals surface area contributed by atoms with Gasteiger partial charge in [-0.3, -0.25) is 0 Å². The molecule has 0 spiro atoms. The molecule has 0 amide bonds. The first-order valence-electron chi connectivity index (χ1n) is 5.71. The summed E-state index contributed by atoms with van der Waals surface area (Å²) in [6.07, 6.45) is 2.36. The molecule has 0 saturated heterocycles. The Balaban J connectivity index is 2.68. The maximum Gasteiger partial charge on any atom is 0.136 e. The standard InChI is InChI=1S/C14H15ClN2/c1-4-11-13(16-8-17-14(11)15)12-7-5-6-9(2)10(12)3/h5-8H,4H2,1-3H3. The number of nitrogens with zero attached hydrogens (tertiary/aromatic N) is 2. The Labute approximate surface area is 107 Å². The van der Waals surface area contributed by atoms with Gasteiger partial charge in [-0.25, -0.2) is 9.97 Å². The Kier molecular flexibility index (Phi) is 3.43. The van der Waals surface area contributed by atoms with Crippen molar-refractivity contribution in [2.75, 3.05) is 0 Å². The summed E-state index contributed by atoms with van der Waals surface area (Å²) in [6, 6.07) is 6.24. The average Bonchev–Trinajstić information content (AvgIpc) is 2.32. The third kappa shape index (κ3) is 2.18. The van der Waals surface area contributed by atoms with E-state index in [-0.39, 0.29) is 0 Å². The molecule has 1 aromatic heterocycles. The molecule has 0 fully saturated rings. The number of benzene rings is 1. The normalized spacial score (nSPS) is 10.6. The van der Waals surface area contributed by atoms with Crippen LogP contribution in [0.5, 0.6) is 0 Å². The van der Waals surface area contributed by atoms with Gasteiger partial charge < -0.3 is 0 Å². The predicted molar refractivity (Wildman–Crippen MR) is 71.3 cm³/mol. The Morgan fingerprint density at radius 1 is 1.18 bits per heavy atom.